The molecule has 0 aliphatic carbocycles. The fraction of sp³-hybridized carbons (Fsp3) is 0.278. The van der Waals surface area contributed by atoms with Crippen LogP contribution in [0.1, 0.15) is 13.8 Å². The van der Waals surface area contributed by atoms with Crippen LogP contribution >= 0.6 is 8.53 Å². The molecule has 130 valence electrons. The van der Waals surface area contributed by atoms with Crippen LogP contribution in [0.5, 0.6) is 5.75 Å². The third-order valence-electron chi connectivity index (χ3n) is 2.59. The minimum absolute atomic E-state index is 0.00527. The number of carbonyl (C=O) groups excluding carboxylic acids is 1. The van der Waals surface area contributed by atoms with Gasteiger partial charge >= 0.3 is 14.5 Å². The zero-order valence-corrected chi connectivity index (χ0v) is 15.0. The van der Waals surface area contributed by atoms with Crippen LogP contribution in [-0.2, 0) is 14.1 Å². The van der Waals surface area contributed by atoms with E-state index in [1.165, 1.54) is 0 Å². The molecular formula is C18H24NO4P. The van der Waals surface area contributed by atoms with Crippen molar-refractivity contribution in [1.82, 2.24) is 5.09 Å². The minimum Gasteiger partial charge on any atom is -0.462 e. The quantitative estimate of drug-likeness (QED) is 0.369. The van der Waals surface area contributed by atoms with Crippen molar-refractivity contribution in [3.05, 3.63) is 67.3 Å². The zero-order chi connectivity index (χ0) is 17.8. The van der Waals surface area contributed by atoms with Crippen LogP contribution in [0, 0.1) is 0 Å². The van der Waals surface area contributed by atoms with Gasteiger partial charge in [-0.05, 0) is 31.6 Å². The van der Waals surface area contributed by atoms with E-state index in [1.54, 1.807) is 32.1 Å². The van der Waals surface area contributed by atoms with E-state index in [4.69, 9.17) is 13.8 Å². The summed E-state index contributed by atoms with van der Waals surface area (Å²) in [7, 11) is -1.52. The second-order valence-electron chi connectivity index (χ2n) is 4.99. The second-order valence-corrected chi connectivity index (χ2v) is 6.26. The van der Waals surface area contributed by atoms with Crippen LogP contribution in [0.4, 0.5) is 0 Å². The predicted molar refractivity (Wildman–Crippen MR) is 97.6 cm³/mol. The van der Waals surface area contributed by atoms with Gasteiger partial charge in [0.15, 0.2) is 0 Å². The average Bonchev–Trinajstić information content (AvgIpc) is 2.56. The van der Waals surface area contributed by atoms with E-state index in [2.05, 4.69) is 18.2 Å². The molecule has 0 bridgehead atoms. The Morgan fingerprint density at radius 2 is 2.00 bits per heavy atom. The number of ether oxygens (including phenoxy) is 1. The van der Waals surface area contributed by atoms with E-state index < -0.39 is 8.53 Å². The molecule has 0 saturated carbocycles. The molecule has 1 N–H and O–H groups in total. The third-order valence-corrected chi connectivity index (χ3v) is 3.75. The van der Waals surface area contributed by atoms with Crippen molar-refractivity contribution in [3.8, 4) is 5.75 Å². The van der Waals surface area contributed by atoms with Gasteiger partial charge in [0.25, 0.3) is 0 Å². The Kier molecular flexibility index (Phi) is 9.70. The maximum Gasteiger partial charge on any atom is 0.320 e. The lowest BCUT2D eigenvalue weighted by Gasteiger charge is -2.19. The highest BCUT2D eigenvalue weighted by Crippen LogP contribution is 2.35. The second kappa shape index (κ2) is 11.6. The van der Waals surface area contributed by atoms with E-state index in [1.807, 2.05) is 30.3 Å². The minimum atomic E-state index is -1.52. The summed E-state index contributed by atoms with van der Waals surface area (Å²) in [6.45, 7) is 11.3. The van der Waals surface area contributed by atoms with Crippen molar-refractivity contribution in [2.45, 2.75) is 20.0 Å². The summed E-state index contributed by atoms with van der Waals surface area (Å²) in [6, 6.07) is 9.26. The number of rotatable bonds is 11. The third kappa shape index (κ3) is 8.63. The lowest BCUT2D eigenvalue weighted by molar-refractivity contribution is -0.145. The molecule has 5 nitrogen and oxygen atoms in total. The van der Waals surface area contributed by atoms with Crippen molar-refractivity contribution in [2.75, 3.05) is 13.2 Å². The molecule has 0 spiro atoms. The normalized spacial score (nSPS) is 12.5. The summed E-state index contributed by atoms with van der Waals surface area (Å²) in [5.41, 5.74) is 0.862. The molecule has 1 aromatic carbocycles. The molecule has 1 rings (SSSR count). The first-order valence-corrected chi connectivity index (χ1v) is 8.76. The molecule has 1 aromatic rings. The van der Waals surface area contributed by atoms with E-state index >= 15 is 0 Å². The lowest BCUT2D eigenvalue weighted by atomic mass is 10.2. The molecule has 0 aliphatic rings. The molecule has 24 heavy (non-hydrogen) atoms. The van der Waals surface area contributed by atoms with Crippen LogP contribution in [-0.4, -0.2) is 25.2 Å². The van der Waals surface area contributed by atoms with Crippen molar-refractivity contribution in [2.24, 2.45) is 0 Å². The molecule has 0 aromatic heterocycles. The largest absolute Gasteiger partial charge is 0.462 e. The molecule has 0 amide bonds. The number of para-hydroxylation sites is 1. The van der Waals surface area contributed by atoms with Crippen molar-refractivity contribution in [1.29, 1.82) is 0 Å². The van der Waals surface area contributed by atoms with Crippen LogP contribution in [0.15, 0.2) is 67.3 Å². The number of carbonyl (C=O) groups is 1. The van der Waals surface area contributed by atoms with Crippen LogP contribution in [0.25, 0.3) is 0 Å². The Bertz CT molecular complexity index is 557. The lowest BCUT2D eigenvalue weighted by Crippen LogP contribution is -2.25. The maximum absolute atomic E-state index is 11.7. The maximum atomic E-state index is 11.7. The van der Waals surface area contributed by atoms with Gasteiger partial charge in [-0.3, -0.25) is 4.79 Å². The highest BCUT2D eigenvalue weighted by Gasteiger charge is 2.16. The molecule has 6 heteroatoms. The Hall–Kier alpha value is -1.94. The predicted octanol–water partition coefficient (Wildman–Crippen LogP) is 4.15. The summed E-state index contributed by atoms with van der Waals surface area (Å²) >= 11 is 0. The highest BCUT2D eigenvalue weighted by molar-refractivity contribution is 7.45. The summed E-state index contributed by atoms with van der Waals surface area (Å²) in [5, 5.41) is 2.95. The van der Waals surface area contributed by atoms with Crippen LogP contribution < -0.4 is 9.61 Å². The first-order chi connectivity index (χ1) is 11.5. The fourth-order valence-electron chi connectivity index (χ4n) is 1.57. The summed E-state index contributed by atoms with van der Waals surface area (Å²) in [4.78, 5) is 11.7. The van der Waals surface area contributed by atoms with E-state index in [0.717, 1.165) is 5.57 Å². The number of hydrogen-bond acceptors (Lipinski definition) is 5. The van der Waals surface area contributed by atoms with Crippen LogP contribution in [0.3, 0.4) is 0 Å². The molecule has 0 aliphatic heterocycles. The number of nitrogens with one attached hydrogen (secondary N) is 1. The smallest absolute Gasteiger partial charge is 0.320 e. The van der Waals surface area contributed by atoms with Crippen molar-refractivity contribution < 1.29 is 18.6 Å². The van der Waals surface area contributed by atoms with Crippen molar-refractivity contribution >= 4 is 14.5 Å². The first kappa shape index (κ1) is 20.1. The molecule has 1 unspecified atom stereocenters. The number of allylic oxidation sites excluding steroid dienone is 2. The van der Waals surface area contributed by atoms with Gasteiger partial charge in [0.2, 0.25) is 0 Å². The first-order valence-electron chi connectivity index (χ1n) is 7.58. The number of benzene rings is 1. The number of esters is 1. The van der Waals surface area contributed by atoms with Gasteiger partial charge in [-0.2, -0.15) is 0 Å². The molecule has 0 fully saturated rings. The Morgan fingerprint density at radius 3 is 2.58 bits per heavy atom. The van der Waals surface area contributed by atoms with Gasteiger partial charge in [0, 0.05) is 0 Å². The van der Waals surface area contributed by atoms with Gasteiger partial charge in [0.05, 0.1) is 12.7 Å². The van der Waals surface area contributed by atoms with Crippen molar-refractivity contribution in [3.63, 3.8) is 0 Å². The summed E-state index contributed by atoms with van der Waals surface area (Å²) < 4.78 is 16.6. The van der Waals surface area contributed by atoms with Gasteiger partial charge in [0.1, 0.15) is 12.3 Å². The zero-order valence-electron chi connectivity index (χ0n) is 14.1. The van der Waals surface area contributed by atoms with Gasteiger partial charge in [-0.1, -0.05) is 49.6 Å². The molecule has 0 radical (unpaired) electrons. The molecule has 0 saturated heterocycles. The average molecular weight is 349 g/mol. The van der Waals surface area contributed by atoms with Crippen LogP contribution in [0.2, 0.25) is 0 Å². The number of hydrogen-bond donors (Lipinski definition) is 1. The molecular weight excluding hydrogens is 325 g/mol. The van der Waals surface area contributed by atoms with E-state index in [-0.39, 0.29) is 18.6 Å². The Labute approximate surface area is 145 Å². The van der Waals surface area contributed by atoms with Gasteiger partial charge in [-0.15, -0.1) is 0 Å². The topological polar surface area (TPSA) is 56.8 Å². The molecule has 1 atom stereocenters. The Balaban J connectivity index is 2.64. The monoisotopic (exact) mass is 349 g/mol. The fourth-order valence-corrected chi connectivity index (χ4v) is 2.62. The van der Waals surface area contributed by atoms with E-state index in [9.17, 15) is 4.79 Å². The summed E-state index contributed by atoms with van der Waals surface area (Å²) in [5.74, 6) is 0.296. The summed E-state index contributed by atoms with van der Waals surface area (Å²) in [6.07, 6.45) is 4.99. The van der Waals surface area contributed by atoms with E-state index in [0.29, 0.717) is 12.4 Å². The Morgan fingerprint density at radius 1 is 1.29 bits per heavy atom. The SMILES string of the molecule is C=C/C=C(\C=C)COP(NCC(=O)OC(C)C)Oc1ccccc1. The van der Waals surface area contributed by atoms with Gasteiger partial charge < -0.3 is 13.8 Å². The standard InChI is InChI=1S/C18H24NO4P/c1-5-10-16(6-2)14-21-24(19-13-18(20)22-15(3)4)23-17-11-8-7-9-12-17/h5-12,15,19H,1-2,13-14H2,3-4H3/b16-10+. The molecule has 0 heterocycles. The van der Waals surface area contributed by atoms with Gasteiger partial charge in [-0.25, -0.2) is 5.09 Å². The highest BCUT2D eigenvalue weighted by atomic mass is 31.2.